The molecule has 1 nitrogen and oxygen atoms in total. The Hall–Kier alpha value is -0.0400. The van der Waals surface area contributed by atoms with E-state index in [2.05, 4.69) is 60.5 Å². The molecular formula is C12H27N. The maximum Gasteiger partial charge on any atom is 0.0203 e. The van der Waals surface area contributed by atoms with Gasteiger partial charge in [0.1, 0.15) is 0 Å². The lowest BCUT2D eigenvalue weighted by molar-refractivity contribution is -0.00394. The molecule has 0 amide bonds. The van der Waals surface area contributed by atoms with Crippen molar-refractivity contribution in [3.8, 4) is 0 Å². The number of hydrogen-bond acceptors (Lipinski definition) is 1. The van der Waals surface area contributed by atoms with Gasteiger partial charge in [0.05, 0.1) is 0 Å². The molecule has 13 heavy (non-hydrogen) atoms. The molecule has 0 saturated heterocycles. The van der Waals surface area contributed by atoms with E-state index in [1.807, 2.05) is 0 Å². The van der Waals surface area contributed by atoms with Crippen LogP contribution in [0.2, 0.25) is 0 Å². The summed E-state index contributed by atoms with van der Waals surface area (Å²) in [4.78, 5) is 2.34. The molecule has 0 aliphatic carbocycles. The fraction of sp³-hybridized carbons (Fsp3) is 1.00. The summed E-state index contributed by atoms with van der Waals surface area (Å²) in [5, 5.41) is 0. The molecule has 1 atom stereocenters. The molecule has 0 aromatic rings. The Morgan fingerprint density at radius 1 is 1.08 bits per heavy atom. The molecule has 1 unspecified atom stereocenters. The molecule has 80 valence electrons. The van der Waals surface area contributed by atoms with Crippen molar-refractivity contribution in [3.63, 3.8) is 0 Å². The van der Waals surface area contributed by atoms with E-state index in [1.54, 1.807) is 0 Å². The Kier molecular flexibility index (Phi) is 3.98. The third kappa shape index (κ3) is 2.07. The summed E-state index contributed by atoms with van der Waals surface area (Å²) >= 11 is 0. The highest BCUT2D eigenvalue weighted by atomic mass is 15.1. The van der Waals surface area contributed by atoms with E-state index in [-0.39, 0.29) is 5.54 Å². The molecule has 0 fully saturated rings. The monoisotopic (exact) mass is 185 g/mol. The number of hydrogen-bond donors (Lipinski definition) is 0. The lowest BCUT2D eigenvalue weighted by Crippen LogP contribution is -2.54. The summed E-state index contributed by atoms with van der Waals surface area (Å²) in [5.74, 6) is 0.717. The first-order valence-electron chi connectivity index (χ1n) is 5.37. The van der Waals surface area contributed by atoms with Gasteiger partial charge in [-0.05, 0) is 45.7 Å². The topological polar surface area (TPSA) is 3.24 Å². The zero-order chi connectivity index (χ0) is 10.9. The second-order valence-electron chi connectivity index (χ2n) is 5.38. The van der Waals surface area contributed by atoms with Gasteiger partial charge < -0.3 is 4.90 Å². The van der Waals surface area contributed by atoms with Crippen LogP contribution < -0.4 is 0 Å². The van der Waals surface area contributed by atoms with E-state index in [9.17, 15) is 0 Å². The molecule has 0 heterocycles. The van der Waals surface area contributed by atoms with Crippen molar-refractivity contribution in [1.29, 1.82) is 0 Å². The Labute approximate surface area is 84.5 Å². The van der Waals surface area contributed by atoms with Gasteiger partial charge in [0, 0.05) is 5.54 Å². The summed E-state index contributed by atoms with van der Waals surface area (Å²) in [6, 6.07) is 0. The predicted molar refractivity (Wildman–Crippen MR) is 61.0 cm³/mol. The molecule has 0 N–H and O–H groups in total. The molecule has 0 aromatic carbocycles. The van der Waals surface area contributed by atoms with Gasteiger partial charge in [-0.25, -0.2) is 0 Å². The summed E-state index contributed by atoms with van der Waals surface area (Å²) in [6.45, 7) is 14.0. The maximum absolute atomic E-state index is 2.40. The molecule has 0 aliphatic rings. The highest BCUT2D eigenvalue weighted by molar-refractivity contribution is 4.96. The first-order chi connectivity index (χ1) is 5.70. The summed E-state index contributed by atoms with van der Waals surface area (Å²) in [5.41, 5.74) is 0.645. The SMILES string of the molecule is CCC(C)(C(C)C)C(C)(C)N(C)C. The normalized spacial score (nSPS) is 18.0. The maximum atomic E-state index is 2.40. The number of nitrogens with zero attached hydrogens (tertiary/aromatic N) is 1. The van der Waals surface area contributed by atoms with Crippen molar-refractivity contribution in [2.75, 3.05) is 14.1 Å². The van der Waals surface area contributed by atoms with Crippen molar-refractivity contribution in [3.05, 3.63) is 0 Å². The fourth-order valence-corrected chi connectivity index (χ4v) is 2.06. The average molecular weight is 185 g/mol. The highest BCUT2D eigenvalue weighted by Crippen LogP contribution is 2.43. The van der Waals surface area contributed by atoms with Gasteiger partial charge in [0.25, 0.3) is 0 Å². The summed E-state index contributed by atoms with van der Waals surface area (Å²) < 4.78 is 0. The smallest absolute Gasteiger partial charge is 0.0203 e. The third-order valence-corrected chi connectivity index (χ3v) is 4.52. The van der Waals surface area contributed by atoms with Crippen LogP contribution in [0.5, 0.6) is 0 Å². The van der Waals surface area contributed by atoms with Crippen LogP contribution in [0.15, 0.2) is 0 Å². The second-order valence-corrected chi connectivity index (χ2v) is 5.38. The third-order valence-electron chi connectivity index (χ3n) is 4.52. The van der Waals surface area contributed by atoms with E-state index >= 15 is 0 Å². The van der Waals surface area contributed by atoms with Gasteiger partial charge in [-0.15, -0.1) is 0 Å². The first kappa shape index (κ1) is 13.0. The Morgan fingerprint density at radius 3 is 1.54 bits per heavy atom. The van der Waals surface area contributed by atoms with Crippen LogP contribution >= 0.6 is 0 Å². The van der Waals surface area contributed by atoms with Crippen LogP contribution in [0.1, 0.15) is 48.0 Å². The molecule has 1 heteroatoms. The van der Waals surface area contributed by atoms with E-state index in [4.69, 9.17) is 0 Å². The predicted octanol–water partition coefficient (Wildman–Crippen LogP) is 3.40. The minimum atomic E-state index is 0.260. The van der Waals surface area contributed by atoms with E-state index in [0.29, 0.717) is 5.41 Å². The van der Waals surface area contributed by atoms with E-state index < -0.39 is 0 Å². The largest absolute Gasteiger partial charge is 0.304 e. The Morgan fingerprint density at radius 2 is 1.46 bits per heavy atom. The minimum absolute atomic E-state index is 0.260. The van der Waals surface area contributed by atoms with Crippen LogP contribution in [-0.2, 0) is 0 Å². The van der Waals surface area contributed by atoms with Crippen molar-refractivity contribution < 1.29 is 0 Å². The van der Waals surface area contributed by atoms with Crippen LogP contribution in [0, 0.1) is 11.3 Å². The quantitative estimate of drug-likeness (QED) is 0.649. The standard InChI is InChI=1S/C12H27N/c1-9-12(6,10(2)3)11(4,5)13(7)8/h10H,9H2,1-8H3. The van der Waals surface area contributed by atoms with E-state index in [1.165, 1.54) is 6.42 Å². The Bertz CT molecular complexity index is 159. The van der Waals surface area contributed by atoms with Crippen molar-refractivity contribution >= 4 is 0 Å². The number of rotatable bonds is 4. The molecular weight excluding hydrogens is 158 g/mol. The lowest BCUT2D eigenvalue weighted by atomic mass is 9.63. The average Bonchev–Trinajstić information content (AvgIpc) is 2.01. The molecule has 0 saturated carbocycles. The van der Waals surface area contributed by atoms with Gasteiger partial charge in [-0.3, -0.25) is 0 Å². The van der Waals surface area contributed by atoms with E-state index in [0.717, 1.165) is 5.92 Å². The molecule has 0 aliphatic heterocycles. The van der Waals surface area contributed by atoms with Gasteiger partial charge in [-0.1, -0.05) is 27.7 Å². The highest BCUT2D eigenvalue weighted by Gasteiger charge is 2.43. The van der Waals surface area contributed by atoms with Crippen molar-refractivity contribution in [1.82, 2.24) is 4.90 Å². The molecule has 0 rings (SSSR count). The zero-order valence-electron chi connectivity index (χ0n) is 10.7. The van der Waals surface area contributed by atoms with Crippen molar-refractivity contribution in [2.24, 2.45) is 11.3 Å². The van der Waals surface area contributed by atoms with Crippen LogP contribution in [0.4, 0.5) is 0 Å². The molecule has 0 spiro atoms. The van der Waals surface area contributed by atoms with Gasteiger partial charge in [0.2, 0.25) is 0 Å². The van der Waals surface area contributed by atoms with Crippen LogP contribution in [-0.4, -0.2) is 24.5 Å². The zero-order valence-corrected chi connectivity index (χ0v) is 10.7. The minimum Gasteiger partial charge on any atom is -0.304 e. The van der Waals surface area contributed by atoms with Gasteiger partial charge in [-0.2, -0.15) is 0 Å². The van der Waals surface area contributed by atoms with Crippen LogP contribution in [0.3, 0.4) is 0 Å². The lowest BCUT2D eigenvalue weighted by Gasteiger charge is -2.51. The fourth-order valence-electron chi connectivity index (χ4n) is 2.06. The van der Waals surface area contributed by atoms with Crippen LogP contribution in [0.25, 0.3) is 0 Å². The summed E-state index contributed by atoms with van der Waals surface area (Å²) in [6.07, 6.45) is 1.23. The van der Waals surface area contributed by atoms with Crippen molar-refractivity contribution in [2.45, 2.75) is 53.5 Å². The van der Waals surface area contributed by atoms with Gasteiger partial charge >= 0.3 is 0 Å². The van der Waals surface area contributed by atoms with Gasteiger partial charge in [0.15, 0.2) is 0 Å². The molecule has 0 bridgehead atoms. The first-order valence-corrected chi connectivity index (χ1v) is 5.37. The Balaban J connectivity index is 4.95. The molecule has 0 radical (unpaired) electrons. The summed E-state index contributed by atoms with van der Waals surface area (Å²) in [7, 11) is 4.35. The second kappa shape index (κ2) is 4.00. The molecule has 0 aromatic heterocycles.